The topological polar surface area (TPSA) is 92.7 Å². The van der Waals surface area contributed by atoms with Gasteiger partial charge in [-0.15, -0.1) is 0 Å². The van der Waals surface area contributed by atoms with Crippen LogP contribution in [0.2, 0.25) is 0 Å². The Balaban J connectivity index is 4.36. The number of rotatable bonds is 8. The van der Waals surface area contributed by atoms with Crippen LogP contribution in [0.1, 0.15) is 46.5 Å². The van der Waals surface area contributed by atoms with Crippen molar-refractivity contribution in [2.75, 3.05) is 6.61 Å². The van der Waals surface area contributed by atoms with E-state index in [2.05, 4.69) is 10.1 Å². The third-order valence-electron chi connectivity index (χ3n) is 2.86. The van der Waals surface area contributed by atoms with Crippen molar-refractivity contribution in [2.45, 2.75) is 52.0 Å². The molecule has 0 rings (SSSR count). The van der Waals surface area contributed by atoms with E-state index < -0.39 is 23.4 Å². The second-order valence-corrected chi connectivity index (χ2v) is 3.95. The predicted octanol–water partition coefficient (Wildman–Crippen LogP) is 1.09. The lowest BCUT2D eigenvalue weighted by Gasteiger charge is -2.27. The Hall–Kier alpha value is -1.59. The van der Waals surface area contributed by atoms with Crippen LogP contribution >= 0.6 is 0 Å². The molecular formula is C12H21NO5. The number of aliphatic carboxylic acids is 1. The zero-order chi connectivity index (χ0) is 14.2. The van der Waals surface area contributed by atoms with E-state index in [0.717, 1.165) is 0 Å². The van der Waals surface area contributed by atoms with Gasteiger partial charge in [0, 0.05) is 6.42 Å². The van der Waals surface area contributed by atoms with E-state index in [0.29, 0.717) is 12.8 Å². The molecule has 0 atom stereocenters. The van der Waals surface area contributed by atoms with Crippen LogP contribution in [0.4, 0.5) is 0 Å². The molecule has 18 heavy (non-hydrogen) atoms. The number of ether oxygens (including phenoxy) is 1. The highest BCUT2D eigenvalue weighted by atomic mass is 16.5. The molecule has 0 aromatic heterocycles. The van der Waals surface area contributed by atoms with Crippen molar-refractivity contribution in [3.05, 3.63) is 0 Å². The van der Waals surface area contributed by atoms with Gasteiger partial charge in [0.15, 0.2) is 0 Å². The quantitative estimate of drug-likeness (QED) is 0.636. The molecule has 2 N–H and O–H groups in total. The Kier molecular flexibility index (Phi) is 7.00. The highest BCUT2D eigenvalue weighted by Crippen LogP contribution is 2.15. The summed E-state index contributed by atoms with van der Waals surface area (Å²) in [6.07, 6.45) is 0.491. The minimum absolute atomic E-state index is 0.0389. The largest absolute Gasteiger partial charge is 0.480 e. The van der Waals surface area contributed by atoms with Gasteiger partial charge >= 0.3 is 11.9 Å². The molecule has 0 aromatic rings. The molecule has 0 fully saturated rings. The molecule has 0 spiro atoms. The van der Waals surface area contributed by atoms with E-state index in [1.54, 1.807) is 20.8 Å². The van der Waals surface area contributed by atoms with Crippen LogP contribution in [-0.2, 0) is 19.1 Å². The number of carboxylic acids is 1. The predicted molar refractivity (Wildman–Crippen MR) is 65.0 cm³/mol. The van der Waals surface area contributed by atoms with Crippen molar-refractivity contribution >= 4 is 17.8 Å². The maximum Gasteiger partial charge on any atom is 0.329 e. The average molecular weight is 259 g/mol. The second kappa shape index (κ2) is 7.68. The Morgan fingerprint density at radius 1 is 1.11 bits per heavy atom. The van der Waals surface area contributed by atoms with Crippen LogP contribution in [0.3, 0.4) is 0 Å². The number of nitrogens with one attached hydrogen (secondary N) is 1. The molecule has 0 aliphatic carbocycles. The number of carbonyl (C=O) groups is 3. The molecule has 104 valence electrons. The lowest BCUT2D eigenvalue weighted by molar-refractivity contribution is -0.148. The first-order valence-corrected chi connectivity index (χ1v) is 6.11. The fraction of sp³-hybridized carbons (Fsp3) is 0.750. The van der Waals surface area contributed by atoms with Gasteiger partial charge in [0.2, 0.25) is 5.91 Å². The lowest BCUT2D eigenvalue weighted by atomic mass is 9.92. The van der Waals surface area contributed by atoms with Gasteiger partial charge in [-0.2, -0.15) is 0 Å². The highest BCUT2D eigenvalue weighted by molar-refractivity contribution is 5.88. The van der Waals surface area contributed by atoms with Crippen LogP contribution in [0.15, 0.2) is 0 Å². The summed E-state index contributed by atoms with van der Waals surface area (Å²) in [5.41, 5.74) is -1.24. The molecule has 1 amide bonds. The average Bonchev–Trinajstić information content (AvgIpc) is 2.33. The number of carboxylic acid groups (broad SMARTS) is 1. The van der Waals surface area contributed by atoms with Gasteiger partial charge < -0.3 is 15.2 Å². The summed E-state index contributed by atoms with van der Waals surface area (Å²) in [6.45, 7) is 5.34. The molecule has 0 saturated carbocycles. The number of hydrogen-bond acceptors (Lipinski definition) is 4. The lowest BCUT2D eigenvalue weighted by Crippen LogP contribution is -2.53. The molecule has 0 aliphatic heterocycles. The molecule has 0 aromatic carbocycles. The van der Waals surface area contributed by atoms with E-state index in [-0.39, 0.29) is 19.4 Å². The van der Waals surface area contributed by atoms with Gasteiger partial charge in [-0.05, 0) is 19.8 Å². The molecule has 0 saturated heterocycles. The second-order valence-electron chi connectivity index (χ2n) is 3.95. The SMILES string of the molecule is CCOC(=O)CCC(=O)NC(CC)(CC)C(=O)O. The van der Waals surface area contributed by atoms with Crippen molar-refractivity contribution in [3.8, 4) is 0 Å². The molecule has 0 unspecified atom stereocenters. The van der Waals surface area contributed by atoms with Crippen LogP contribution < -0.4 is 5.32 Å². The van der Waals surface area contributed by atoms with Crippen LogP contribution in [0.25, 0.3) is 0 Å². The Labute approximate surface area is 107 Å². The summed E-state index contributed by atoms with van der Waals surface area (Å²) in [7, 11) is 0. The van der Waals surface area contributed by atoms with E-state index in [1.165, 1.54) is 0 Å². The Bertz CT molecular complexity index is 310. The van der Waals surface area contributed by atoms with Crippen molar-refractivity contribution < 1.29 is 24.2 Å². The summed E-state index contributed by atoms with van der Waals surface area (Å²) in [5, 5.41) is 11.6. The van der Waals surface area contributed by atoms with E-state index in [9.17, 15) is 14.4 Å². The third kappa shape index (κ3) is 4.73. The third-order valence-corrected chi connectivity index (χ3v) is 2.86. The summed E-state index contributed by atoms with van der Waals surface area (Å²) in [6, 6.07) is 0. The first kappa shape index (κ1) is 16.4. The van der Waals surface area contributed by atoms with Crippen LogP contribution in [0, 0.1) is 0 Å². The minimum atomic E-state index is -1.24. The standard InChI is InChI=1S/C12H21NO5/c1-4-12(5-2,11(16)17)13-9(14)7-8-10(15)18-6-3/h4-8H2,1-3H3,(H,13,14)(H,16,17). The highest BCUT2D eigenvalue weighted by Gasteiger charge is 2.36. The molecule has 6 heteroatoms. The fourth-order valence-corrected chi connectivity index (χ4v) is 1.56. The molecule has 0 radical (unpaired) electrons. The molecule has 6 nitrogen and oxygen atoms in total. The van der Waals surface area contributed by atoms with Gasteiger partial charge in [-0.3, -0.25) is 9.59 Å². The van der Waals surface area contributed by atoms with Gasteiger partial charge in [-0.1, -0.05) is 13.8 Å². The first-order valence-electron chi connectivity index (χ1n) is 6.11. The maximum atomic E-state index is 11.6. The molecular weight excluding hydrogens is 238 g/mol. The van der Waals surface area contributed by atoms with Crippen LogP contribution in [0.5, 0.6) is 0 Å². The zero-order valence-corrected chi connectivity index (χ0v) is 11.1. The van der Waals surface area contributed by atoms with Gasteiger partial charge in [-0.25, -0.2) is 4.79 Å². The molecule has 0 aliphatic rings. The Morgan fingerprint density at radius 3 is 2.06 bits per heavy atom. The number of carbonyl (C=O) groups excluding carboxylic acids is 2. The van der Waals surface area contributed by atoms with Crippen molar-refractivity contribution in [1.29, 1.82) is 0 Å². The van der Waals surface area contributed by atoms with E-state index in [1.807, 2.05) is 0 Å². The number of hydrogen-bond donors (Lipinski definition) is 2. The van der Waals surface area contributed by atoms with Crippen molar-refractivity contribution in [3.63, 3.8) is 0 Å². The number of esters is 1. The number of amides is 1. The van der Waals surface area contributed by atoms with Crippen LogP contribution in [-0.4, -0.2) is 35.1 Å². The molecule has 0 heterocycles. The first-order chi connectivity index (χ1) is 8.41. The van der Waals surface area contributed by atoms with Gasteiger partial charge in [0.05, 0.1) is 13.0 Å². The van der Waals surface area contributed by atoms with Gasteiger partial charge in [0.25, 0.3) is 0 Å². The smallest absolute Gasteiger partial charge is 0.329 e. The Morgan fingerprint density at radius 2 is 1.67 bits per heavy atom. The summed E-state index contributed by atoms with van der Waals surface area (Å²) in [4.78, 5) is 33.8. The fourth-order valence-electron chi connectivity index (χ4n) is 1.56. The summed E-state index contributed by atoms with van der Waals surface area (Å²) < 4.78 is 4.69. The molecule has 0 bridgehead atoms. The van der Waals surface area contributed by atoms with Crippen molar-refractivity contribution in [2.24, 2.45) is 0 Å². The van der Waals surface area contributed by atoms with Gasteiger partial charge in [0.1, 0.15) is 5.54 Å². The zero-order valence-electron chi connectivity index (χ0n) is 11.1. The summed E-state index contributed by atoms with van der Waals surface area (Å²) in [5.74, 6) is -1.97. The minimum Gasteiger partial charge on any atom is -0.480 e. The maximum absolute atomic E-state index is 11.6. The summed E-state index contributed by atoms with van der Waals surface area (Å²) >= 11 is 0. The van der Waals surface area contributed by atoms with E-state index in [4.69, 9.17) is 5.11 Å². The monoisotopic (exact) mass is 259 g/mol. The normalized spacial score (nSPS) is 10.8. The van der Waals surface area contributed by atoms with Crippen molar-refractivity contribution in [1.82, 2.24) is 5.32 Å². The van der Waals surface area contributed by atoms with E-state index >= 15 is 0 Å².